The maximum absolute atomic E-state index is 11.5. The number of aromatic nitrogens is 1. The zero-order valence-electron chi connectivity index (χ0n) is 8.66. The highest BCUT2D eigenvalue weighted by atomic mass is 16.1. The molecule has 14 heavy (non-hydrogen) atoms. The maximum atomic E-state index is 11.5. The monoisotopic (exact) mass is 192 g/mol. The number of hydrogen-bond acceptors (Lipinski definition) is 2. The van der Waals surface area contributed by atoms with Crippen molar-refractivity contribution < 1.29 is 0 Å². The van der Waals surface area contributed by atoms with Gasteiger partial charge in [0.1, 0.15) is 0 Å². The largest absolute Gasteiger partial charge is 0.326 e. The summed E-state index contributed by atoms with van der Waals surface area (Å²) in [7, 11) is 0. The van der Waals surface area contributed by atoms with E-state index in [9.17, 15) is 4.79 Å². The molecular formula is C11H16N2O. The molecule has 0 aliphatic carbocycles. The Bertz CT molecular complexity index is 387. The van der Waals surface area contributed by atoms with Crippen LogP contribution in [0.1, 0.15) is 19.4 Å². The molecule has 0 aliphatic heterocycles. The molecule has 0 aliphatic rings. The third-order valence-corrected chi connectivity index (χ3v) is 1.99. The van der Waals surface area contributed by atoms with Gasteiger partial charge < -0.3 is 10.3 Å². The molecule has 3 nitrogen and oxygen atoms in total. The molecule has 0 aromatic carbocycles. The van der Waals surface area contributed by atoms with Crippen LogP contribution < -0.4 is 11.3 Å². The van der Waals surface area contributed by atoms with Gasteiger partial charge in [-0.25, -0.2) is 0 Å². The fraction of sp³-hybridized carbons (Fsp3) is 0.364. The first-order chi connectivity index (χ1) is 6.63. The maximum Gasteiger partial charge on any atom is 0.251 e. The molecule has 0 radical (unpaired) electrons. The highest BCUT2D eigenvalue weighted by Crippen LogP contribution is 1.95. The van der Waals surface area contributed by atoms with Crippen molar-refractivity contribution in [2.24, 2.45) is 5.73 Å². The van der Waals surface area contributed by atoms with E-state index in [4.69, 9.17) is 5.73 Å². The Balaban J connectivity index is 2.90. The van der Waals surface area contributed by atoms with Gasteiger partial charge in [-0.15, -0.1) is 0 Å². The van der Waals surface area contributed by atoms with Gasteiger partial charge in [-0.1, -0.05) is 11.6 Å². The minimum absolute atomic E-state index is 0.00505. The quantitative estimate of drug-likeness (QED) is 0.733. The SMILES string of the molecule is CC(C)=CCn1ccc(CN)cc1=O. The van der Waals surface area contributed by atoms with Crippen LogP contribution in [0.4, 0.5) is 0 Å². The lowest BCUT2D eigenvalue weighted by Crippen LogP contribution is -2.19. The molecule has 3 heteroatoms. The molecule has 0 unspecified atom stereocenters. The number of hydrogen-bond donors (Lipinski definition) is 1. The predicted octanol–water partition coefficient (Wildman–Crippen LogP) is 1.27. The molecule has 1 aromatic rings. The number of nitrogens with two attached hydrogens (primary N) is 1. The molecule has 1 aromatic heterocycles. The van der Waals surface area contributed by atoms with Crippen molar-refractivity contribution in [1.82, 2.24) is 4.57 Å². The van der Waals surface area contributed by atoms with E-state index < -0.39 is 0 Å². The molecule has 0 amide bonds. The van der Waals surface area contributed by atoms with E-state index in [1.54, 1.807) is 16.8 Å². The van der Waals surface area contributed by atoms with Crippen LogP contribution in [-0.2, 0) is 13.1 Å². The molecule has 0 bridgehead atoms. The number of nitrogens with zero attached hydrogens (tertiary/aromatic N) is 1. The van der Waals surface area contributed by atoms with E-state index in [2.05, 4.69) is 0 Å². The van der Waals surface area contributed by atoms with E-state index in [-0.39, 0.29) is 5.56 Å². The van der Waals surface area contributed by atoms with Gasteiger partial charge >= 0.3 is 0 Å². The summed E-state index contributed by atoms with van der Waals surface area (Å²) in [6, 6.07) is 3.46. The van der Waals surface area contributed by atoms with E-state index in [0.717, 1.165) is 5.56 Å². The topological polar surface area (TPSA) is 48.0 Å². The van der Waals surface area contributed by atoms with Crippen LogP contribution in [0.5, 0.6) is 0 Å². The molecule has 0 saturated heterocycles. The normalized spacial score (nSPS) is 9.93. The summed E-state index contributed by atoms with van der Waals surface area (Å²) < 4.78 is 1.66. The predicted molar refractivity (Wildman–Crippen MR) is 58.0 cm³/mol. The Morgan fingerprint density at radius 3 is 2.79 bits per heavy atom. The van der Waals surface area contributed by atoms with Crippen LogP contribution >= 0.6 is 0 Å². The third kappa shape index (κ3) is 2.85. The lowest BCUT2D eigenvalue weighted by molar-refractivity contribution is 0.768. The van der Waals surface area contributed by atoms with Crippen LogP contribution in [0.25, 0.3) is 0 Å². The Morgan fingerprint density at radius 1 is 1.57 bits per heavy atom. The number of pyridine rings is 1. The smallest absolute Gasteiger partial charge is 0.251 e. The number of allylic oxidation sites excluding steroid dienone is 2. The second-order valence-electron chi connectivity index (χ2n) is 3.51. The molecule has 0 atom stereocenters. The Morgan fingerprint density at radius 2 is 2.29 bits per heavy atom. The van der Waals surface area contributed by atoms with Gasteiger partial charge in [-0.3, -0.25) is 4.79 Å². The summed E-state index contributed by atoms with van der Waals surface area (Å²) in [6.45, 7) is 5.07. The van der Waals surface area contributed by atoms with Gasteiger partial charge in [0.2, 0.25) is 0 Å². The van der Waals surface area contributed by atoms with Crippen molar-refractivity contribution in [2.75, 3.05) is 0 Å². The summed E-state index contributed by atoms with van der Waals surface area (Å²) in [5.74, 6) is 0. The lowest BCUT2D eigenvalue weighted by Gasteiger charge is -2.03. The fourth-order valence-corrected chi connectivity index (χ4v) is 1.11. The van der Waals surface area contributed by atoms with Crippen LogP contribution in [-0.4, -0.2) is 4.57 Å². The average Bonchev–Trinajstić information content (AvgIpc) is 2.15. The van der Waals surface area contributed by atoms with Crippen LogP contribution in [0, 0.1) is 0 Å². The second-order valence-corrected chi connectivity index (χ2v) is 3.51. The second kappa shape index (κ2) is 4.77. The zero-order chi connectivity index (χ0) is 10.6. The summed E-state index contributed by atoms with van der Waals surface area (Å²) in [5, 5.41) is 0. The highest BCUT2D eigenvalue weighted by Gasteiger charge is 1.95. The first-order valence-electron chi connectivity index (χ1n) is 4.66. The Hall–Kier alpha value is -1.35. The van der Waals surface area contributed by atoms with Crippen molar-refractivity contribution in [3.63, 3.8) is 0 Å². The molecule has 1 rings (SSSR count). The molecule has 0 spiro atoms. The summed E-state index contributed by atoms with van der Waals surface area (Å²) in [6.07, 6.45) is 3.80. The van der Waals surface area contributed by atoms with Crippen molar-refractivity contribution >= 4 is 0 Å². The summed E-state index contributed by atoms with van der Waals surface area (Å²) in [5.41, 5.74) is 7.52. The van der Waals surface area contributed by atoms with E-state index >= 15 is 0 Å². The van der Waals surface area contributed by atoms with Crippen LogP contribution in [0.2, 0.25) is 0 Å². The summed E-state index contributed by atoms with van der Waals surface area (Å²) >= 11 is 0. The van der Waals surface area contributed by atoms with E-state index in [0.29, 0.717) is 13.1 Å². The molecule has 76 valence electrons. The van der Waals surface area contributed by atoms with Gasteiger partial charge in [-0.05, 0) is 25.5 Å². The first kappa shape index (κ1) is 10.7. The molecular weight excluding hydrogens is 176 g/mol. The minimum atomic E-state index is 0.00505. The molecule has 2 N–H and O–H groups in total. The van der Waals surface area contributed by atoms with Gasteiger partial charge in [0, 0.05) is 25.4 Å². The standard InChI is InChI=1S/C11H16N2O/c1-9(2)3-5-13-6-4-10(8-12)7-11(13)14/h3-4,6-7H,5,8,12H2,1-2H3. The number of rotatable bonds is 3. The van der Waals surface area contributed by atoms with E-state index in [1.807, 2.05) is 26.0 Å². The fourth-order valence-electron chi connectivity index (χ4n) is 1.11. The average molecular weight is 192 g/mol. The zero-order valence-corrected chi connectivity index (χ0v) is 8.66. The van der Waals surface area contributed by atoms with Crippen molar-refractivity contribution in [3.8, 4) is 0 Å². The van der Waals surface area contributed by atoms with Gasteiger partial charge in [-0.2, -0.15) is 0 Å². The third-order valence-electron chi connectivity index (χ3n) is 1.99. The first-order valence-corrected chi connectivity index (χ1v) is 4.66. The molecule has 0 saturated carbocycles. The lowest BCUT2D eigenvalue weighted by atomic mass is 10.2. The highest BCUT2D eigenvalue weighted by molar-refractivity contribution is 5.10. The Labute approximate surface area is 83.9 Å². The molecule has 1 heterocycles. The van der Waals surface area contributed by atoms with Crippen LogP contribution in [0.3, 0.4) is 0 Å². The van der Waals surface area contributed by atoms with Crippen molar-refractivity contribution in [2.45, 2.75) is 26.9 Å². The minimum Gasteiger partial charge on any atom is -0.326 e. The van der Waals surface area contributed by atoms with Crippen LogP contribution in [0.15, 0.2) is 34.8 Å². The molecule has 0 fully saturated rings. The van der Waals surface area contributed by atoms with E-state index in [1.165, 1.54) is 5.57 Å². The van der Waals surface area contributed by atoms with Gasteiger partial charge in [0.05, 0.1) is 0 Å². The van der Waals surface area contributed by atoms with Crippen molar-refractivity contribution in [3.05, 3.63) is 45.9 Å². The Kier molecular flexibility index (Phi) is 3.65. The summed E-state index contributed by atoms with van der Waals surface area (Å²) in [4.78, 5) is 11.5. The van der Waals surface area contributed by atoms with Gasteiger partial charge in [0.15, 0.2) is 0 Å². The van der Waals surface area contributed by atoms with Crippen molar-refractivity contribution in [1.29, 1.82) is 0 Å². The van der Waals surface area contributed by atoms with Gasteiger partial charge in [0.25, 0.3) is 5.56 Å².